The van der Waals surface area contributed by atoms with E-state index in [2.05, 4.69) is 15.6 Å². The second kappa shape index (κ2) is 7.53. The number of ether oxygens (including phenoxy) is 1. The smallest absolute Gasteiger partial charge is 0.324 e. The molecule has 1 aromatic carbocycles. The Bertz CT molecular complexity index is 918. The van der Waals surface area contributed by atoms with Crippen LogP contribution >= 0.6 is 0 Å². The van der Waals surface area contributed by atoms with Crippen molar-refractivity contribution in [1.29, 1.82) is 0 Å². The fourth-order valence-corrected chi connectivity index (χ4v) is 3.51. The van der Waals surface area contributed by atoms with E-state index in [4.69, 9.17) is 4.74 Å². The second-order valence-corrected chi connectivity index (χ2v) is 7.35. The molecular weight excluding hydrogens is 360 g/mol. The van der Waals surface area contributed by atoms with Crippen molar-refractivity contribution in [1.82, 2.24) is 20.5 Å². The Morgan fingerprint density at radius 2 is 2.14 bits per heavy atom. The molecule has 2 heterocycles. The van der Waals surface area contributed by atoms with Crippen LogP contribution in [0.2, 0.25) is 0 Å². The molecule has 1 aliphatic carbocycles. The average Bonchev–Trinajstić information content (AvgIpc) is 3.34. The average molecular weight is 384 g/mol. The van der Waals surface area contributed by atoms with E-state index in [0.29, 0.717) is 25.4 Å². The van der Waals surface area contributed by atoms with Gasteiger partial charge in [0.05, 0.1) is 7.11 Å². The summed E-state index contributed by atoms with van der Waals surface area (Å²) in [7, 11) is 1.62. The lowest BCUT2D eigenvalue weighted by atomic mass is 10.1. The fourth-order valence-electron chi connectivity index (χ4n) is 3.51. The van der Waals surface area contributed by atoms with Gasteiger partial charge in [-0.3, -0.25) is 14.5 Å². The number of H-pyrrole nitrogens is 1. The van der Waals surface area contributed by atoms with Gasteiger partial charge in [-0.05, 0) is 49.4 Å². The van der Waals surface area contributed by atoms with E-state index >= 15 is 0 Å². The van der Waals surface area contributed by atoms with E-state index in [1.54, 1.807) is 7.11 Å². The van der Waals surface area contributed by atoms with Crippen LogP contribution in [0.1, 0.15) is 31.2 Å². The summed E-state index contributed by atoms with van der Waals surface area (Å²) in [5.41, 5.74) is 1.99. The molecule has 8 nitrogen and oxygen atoms in total. The van der Waals surface area contributed by atoms with Gasteiger partial charge >= 0.3 is 6.03 Å². The highest BCUT2D eigenvalue weighted by atomic mass is 16.5. The van der Waals surface area contributed by atoms with Gasteiger partial charge in [-0.1, -0.05) is 0 Å². The second-order valence-electron chi connectivity index (χ2n) is 7.35. The third-order valence-electron chi connectivity index (χ3n) is 5.29. The van der Waals surface area contributed by atoms with Crippen molar-refractivity contribution in [3.63, 3.8) is 0 Å². The number of rotatable bonds is 8. The minimum atomic E-state index is -0.625. The minimum Gasteiger partial charge on any atom is -0.497 e. The number of methoxy groups -OCH3 is 1. The van der Waals surface area contributed by atoms with Crippen LogP contribution in [-0.2, 0) is 16.0 Å². The molecule has 1 atom stereocenters. The van der Waals surface area contributed by atoms with Crippen molar-refractivity contribution in [2.24, 2.45) is 0 Å². The summed E-state index contributed by atoms with van der Waals surface area (Å²) in [5.74, 6) is 0.435. The summed E-state index contributed by atoms with van der Waals surface area (Å²) >= 11 is 0. The van der Waals surface area contributed by atoms with Gasteiger partial charge in [0, 0.05) is 36.1 Å². The number of hydrogen-bond donors (Lipinski definition) is 3. The number of urea groups is 1. The van der Waals surface area contributed by atoms with Crippen molar-refractivity contribution >= 4 is 28.7 Å². The van der Waals surface area contributed by atoms with Crippen molar-refractivity contribution in [2.75, 3.05) is 13.7 Å². The first-order valence-corrected chi connectivity index (χ1v) is 9.60. The van der Waals surface area contributed by atoms with E-state index in [-0.39, 0.29) is 18.2 Å². The van der Waals surface area contributed by atoms with E-state index < -0.39 is 12.1 Å². The van der Waals surface area contributed by atoms with Gasteiger partial charge in [-0.15, -0.1) is 0 Å². The van der Waals surface area contributed by atoms with E-state index in [0.717, 1.165) is 35.1 Å². The Morgan fingerprint density at radius 1 is 1.32 bits per heavy atom. The Labute approximate surface area is 162 Å². The minimum absolute atomic E-state index is 0.0595. The first-order valence-electron chi connectivity index (χ1n) is 9.60. The number of fused-ring (bicyclic) bond motifs is 1. The first-order chi connectivity index (χ1) is 13.5. The molecule has 1 saturated heterocycles. The van der Waals surface area contributed by atoms with Crippen LogP contribution < -0.4 is 15.4 Å². The SMILES string of the molecule is COc1ccc2[nH]cc(CCN3C(=O)NC(CCC(=O)NC4CC4)C3=O)c2c1. The number of imide groups is 1. The summed E-state index contributed by atoms with van der Waals surface area (Å²) in [4.78, 5) is 41.0. The van der Waals surface area contributed by atoms with E-state index in [1.165, 1.54) is 4.90 Å². The number of aromatic amines is 1. The van der Waals surface area contributed by atoms with Gasteiger partial charge in [0.25, 0.3) is 5.91 Å². The molecule has 3 N–H and O–H groups in total. The summed E-state index contributed by atoms with van der Waals surface area (Å²) in [6.45, 7) is 0.291. The Hall–Kier alpha value is -3.03. The number of hydrogen-bond acceptors (Lipinski definition) is 4. The van der Waals surface area contributed by atoms with Crippen LogP contribution in [0.3, 0.4) is 0 Å². The summed E-state index contributed by atoms with van der Waals surface area (Å²) in [6, 6.07) is 5.04. The molecule has 0 spiro atoms. The number of nitrogens with one attached hydrogen (secondary N) is 3. The maximum absolute atomic E-state index is 12.6. The molecule has 4 amide bonds. The maximum atomic E-state index is 12.6. The molecule has 1 unspecified atom stereocenters. The summed E-state index contributed by atoms with van der Waals surface area (Å²) < 4.78 is 5.27. The zero-order valence-electron chi connectivity index (χ0n) is 15.8. The molecule has 2 fully saturated rings. The first kappa shape index (κ1) is 18.3. The molecule has 1 aromatic heterocycles. The third-order valence-corrected chi connectivity index (χ3v) is 5.29. The quantitative estimate of drug-likeness (QED) is 0.603. The highest BCUT2D eigenvalue weighted by Gasteiger charge is 2.37. The highest BCUT2D eigenvalue weighted by molar-refractivity contribution is 6.04. The molecular formula is C20H24N4O4. The van der Waals surface area contributed by atoms with Crippen molar-refractivity contribution in [2.45, 2.75) is 44.2 Å². The van der Waals surface area contributed by atoms with Gasteiger partial charge in [0.15, 0.2) is 0 Å². The number of benzene rings is 1. The van der Waals surface area contributed by atoms with Crippen LogP contribution in [0, 0.1) is 0 Å². The highest BCUT2D eigenvalue weighted by Crippen LogP contribution is 2.24. The van der Waals surface area contributed by atoms with Crippen LogP contribution in [-0.4, -0.2) is 53.5 Å². The normalized spacial score (nSPS) is 19.2. The van der Waals surface area contributed by atoms with E-state index in [9.17, 15) is 14.4 Å². The van der Waals surface area contributed by atoms with Gasteiger partial charge in [-0.2, -0.15) is 0 Å². The van der Waals surface area contributed by atoms with Crippen LogP contribution in [0.25, 0.3) is 10.9 Å². The van der Waals surface area contributed by atoms with Crippen molar-refractivity contribution in [3.8, 4) is 5.75 Å². The predicted octanol–water partition coefficient (Wildman–Crippen LogP) is 1.70. The monoisotopic (exact) mass is 384 g/mol. The van der Waals surface area contributed by atoms with Crippen molar-refractivity contribution < 1.29 is 19.1 Å². The summed E-state index contributed by atoms with van der Waals surface area (Å²) in [6.07, 6.45) is 5.05. The number of aromatic nitrogens is 1. The number of carbonyl (C=O) groups is 3. The van der Waals surface area contributed by atoms with Crippen LogP contribution in [0.5, 0.6) is 5.75 Å². The largest absolute Gasteiger partial charge is 0.497 e. The molecule has 2 aromatic rings. The zero-order chi connectivity index (χ0) is 19.7. The molecule has 1 saturated carbocycles. The Morgan fingerprint density at radius 3 is 2.89 bits per heavy atom. The van der Waals surface area contributed by atoms with Crippen LogP contribution in [0.15, 0.2) is 24.4 Å². The van der Waals surface area contributed by atoms with Gasteiger partial charge in [-0.25, -0.2) is 4.79 Å². The molecule has 0 bridgehead atoms. The lowest BCUT2D eigenvalue weighted by Gasteiger charge is -2.13. The molecule has 28 heavy (non-hydrogen) atoms. The van der Waals surface area contributed by atoms with Crippen molar-refractivity contribution in [3.05, 3.63) is 30.0 Å². The Kier molecular flexibility index (Phi) is 4.93. The maximum Gasteiger partial charge on any atom is 0.324 e. The van der Waals surface area contributed by atoms with Gasteiger partial charge in [0.2, 0.25) is 5.91 Å². The molecule has 1 aliphatic heterocycles. The fraction of sp³-hybridized carbons (Fsp3) is 0.450. The summed E-state index contributed by atoms with van der Waals surface area (Å²) in [5, 5.41) is 6.60. The molecule has 0 radical (unpaired) electrons. The number of amides is 4. The lowest BCUT2D eigenvalue weighted by Crippen LogP contribution is -2.34. The van der Waals surface area contributed by atoms with E-state index in [1.807, 2.05) is 24.4 Å². The zero-order valence-corrected chi connectivity index (χ0v) is 15.8. The lowest BCUT2D eigenvalue weighted by molar-refractivity contribution is -0.127. The molecule has 2 aliphatic rings. The van der Waals surface area contributed by atoms with Gasteiger partial charge < -0.3 is 20.4 Å². The molecule has 4 rings (SSSR count). The Balaban J connectivity index is 1.35. The number of nitrogens with zero attached hydrogens (tertiary/aromatic N) is 1. The topological polar surface area (TPSA) is 104 Å². The molecule has 148 valence electrons. The standard InChI is InChI=1S/C20H24N4O4/c1-28-14-4-5-16-15(10-14)12(11-21-16)8-9-24-19(26)17(23-20(24)27)6-7-18(25)22-13-2-3-13/h4-5,10-11,13,17,21H,2-3,6-9H2,1H3,(H,22,25)(H,23,27). The number of carbonyl (C=O) groups excluding carboxylic acids is 3. The predicted molar refractivity (Wildman–Crippen MR) is 103 cm³/mol. The van der Waals surface area contributed by atoms with Crippen LogP contribution in [0.4, 0.5) is 4.79 Å². The third kappa shape index (κ3) is 3.81. The molecule has 8 heteroatoms. The van der Waals surface area contributed by atoms with Gasteiger partial charge in [0.1, 0.15) is 11.8 Å².